The van der Waals surface area contributed by atoms with Gasteiger partial charge in [0.05, 0.1) is 12.6 Å². The number of esters is 1. The number of carbonyl (C=O) groups excluding carboxylic acids is 2. The SMILES string of the molecule is COC(=O)C1(c2c[nH]n3c2nc2cc(F)cc(Br)c23)CCN(C(=O)OC(C)(C)C)CC1. The molecule has 1 fully saturated rings. The fraction of sp³-hybridized carbons (Fsp3) is 0.476. The van der Waals surface area contributed by atoms with Crippen LogP contribution >= 0.6 is 15.9 Å². The molecule has 3 aromatic rings. The highest BCUT2D eigenvalue weighted by Crippen LogP contribution is 2.40. The number of carbonyl (C=O) groups is 2. The van der Waals surface area contributed by atoms with Crippen LogP contribution < -0.4 is 0 Å². The first-order valence-corrected chi connectivity index (χ1v) is 10.8. The van der Waals surface area contributed by atoms with Gasteiger partial charge >= 0.3 is 12.1 Å². The third kappa shape index (κ3) is 3.66. The zero-order valence-electron chi connectivity index (χ0n) is 17.8. The number of ether oxygens (including phenoxy) is 2. The molecule has 0 radical (unpaired) electrons. The van der Waals surface area contributed by atoms with Crippen LogP contribution in [0, 0.1) is 5.82 Å². The smallest absolute Gasteiger partial charge is 0.410 e. The number of aromatic amines is 1. The molecule has 1 aromatic carbocycles. The largest absolute Gasteiger partial charge is 0.468 e. The highest BCUT2D eigenvalue weighted by Gasteiger charge is 2.47. The topological polar surface area (TPSA) is 88.9 Å². The molecule has 0 unspecified atom stereocenters. The lowest BCUT2D eigenvalue weighted by molar-refractivity contribution is -0.149. The number of aromatic nitrogens is 3. The van der Waals surface area contributed by atoms with Crippen molar-refractivity contribution < 1.29 is 23.5 Å². The molecule has 1 saturated heterocycles. The van der Waals surface area contributed by atoms with Crippen LogP contribution in [0.25, 0.3) is 16.7 Å². The summed E-state index contributed by atoms with van der Waals surface area (Å²) in [5.41, 5.74) is 0.740. The van der Waals surface area contributed by atoms with Gasteiger partial charge in [0.25, 0.3) is 0 Å². The van der Waals surface area contributed by atoms with Gasteiger partial charge in [-0.3, -0.25) is 9.89 Å². The molecule has 31 heavy (non-hydrogen) atoms. The van der Waals surface area contributed by atoms with E-state index in [0.717, 1.165) is 0 Å². The number of likely N-dealkylation sites (tertiary alicyclic amines) is 1. The first-order valence-electron chi connectivity index (χ1n) is 9.97. The summed E-state index contributed by atoms with van der Waals surface area (Å²) in [4.78, 5) is 31.7. The second-order valence-corrected chi connectivity index (χ2v) is 9.61. The molecule has 3 heterocycles. The van der Waals surface area contributed by atoms with Gasteiger partial charge in [-0.25, -0.2) is 18.7 Å². The minimum absolute atomic E-state index is 0.333. The van der Waals surface area contributed by atoms with E-state index in [4.69, 9.17) is 9.47 Å². The average molecular weight is 495 g/mol. The van der Waals surface area contributed by atoms with Crippen LogP contribution in [0.15, 0.2) is 22.8 Å². The predicted molar refractivity (Wildman–Crippen MR) is 115 cm³/mol. The minimum atomic E-state index is -0.985. The molecule has 0 bridgehead atoms. The Morgan fingerprint density at radius 3 is 2.55 bits per heavy atom. The van der Waals surface area contributed by atoms with Gasteiger partial charge in [0.2, 0.25) is 0 Å². The van der Waals surface area contributed by atoms with Crippen molar-refractivity contribution in [3.05, 3.63) is 34.2 Å². The number of piperidine rings is 1. The Hall–Kier alpha value is -2.62. The Bertz CT molecular complexity index is 1170. The fourth-order valence-corrected chi connectivity index (χ4v) is 4.76. The Balaban J connectivity index is 1.73. The van der Waals surface area contributed by atoms with Gasteiger partial charge in [0.15, 0.2) is 5.65 Å². The number of hydrogen-bond donors (Lipinski definition) is 1. The molecular weight excluding hydrogens is 471 g/mol. The molecule has 0 spiro atoms. The number of nitrogens with zero attached hydrogens (tertiary/aromatic N) is 3. The fourth-order valence-electron chi connectivity index (χ4n) is 4.16. The molecule has 0 atom stereocenters. The molecule has 0 aliphatic carbocycles. The molecule has 166 valence electrons. The average Bonchev–Trinajstić information content (AvgIpc) is 3.24. The van der Waals surface area contributed by atoms with Crippen LogP contribution in [-0.4, -0.2) is 57.4 Å². The van der Waals surface area contributed by atoms with E-state index in [2.05, 4.69) is 26.0 Å². The van der Waals surface area contributed by atoms with Crippen molar-refractivity contribution in [3.8, 4) is 0 Å². The lowest BCUT2D eigenvalue weighted by atomic mass is 9.73. The number of imidazole rings is 1. The monoisotopic (exact) mass is 494 g/mol. The van der Waals surface area contributed by atoms with E-state index in [-0.39, 0.29) is 0 Å². The molecule has 1 aliphatic heterocycles. The second-order valence-electron chi connectivity index (χ2n) is 8.75. The molecule has 1 aliphatic rings. The highest BCUT2D eigenvalue weighted by atomic mass is 79.9. The number of methoxy groups -OCH3 is 1. The summed E-state index contributed by atoms with van der Waals surface area (Å²) in [6, 6.07) is 2.72. The van der Waals surface area contributed by atoms with Crippen molar-refractivity contribution in [3.63, 3.8) is 0 Å². The number of hydrogen-bond acceptors (Lipinski definition) is 5. The normalized spacial score (nSPS) is 16.6. The molecule has 1 amide bonds. The molecule has 0 saturated carbocycles. The minimum Gasteiger partial charge on any atom is -0.468 e. The van der Waals surface area contributed by atoms with Crippen molar-refractivity contribution in [2.24, 2.45) is 0 Å². The zero-order chi connectivity index (χ0) is 22.6. The molecule has 4 rings (SSSR count). The van der Waals surface area contributed by atoms with E-state index in [1.165, 1.54) is 19.2 Å². The second kappa shape index (κ2) is 7.51. The quantitative estimate of drug-likeness (QED) is 0.540. The lowest BCUT2D eigenvalue weighted by Crippen LogP contribution is -2.50. The van der Waals surface area contributed by atoms with Crippen molar-refractivity contribution in [2.75, 3.05) is 20.2 Å². The van der Waals surface area contributed by atoms with Gasteiger partial charge in [0.1, 0.15) is 22.3 Å². The van der Waals surface area contributed by atoms with Crippen LogP contribution in [0.2, 0.25) is 0 Å². The van der Waals surface area contributed by atoms with Crippen LogP contribution in [0.1, 0.15) is 39.2 Å². The Morgan fingerprint density at radius 1 is 1.26 bits per heavy atom. The summed E-state index contributed by atoms with van der Waals surface area (Å²) < 4.78 is 26.8. The van der Waals surface area contributed by atoms with Gasteiger partial charge < -0.3 is 14.4 Å². The molecule has 2 aromatic heterocycles. The molecular formula is C21H24BrFN4O4. The summed E-state index contributed by atoms with van der Waals surface area (Å²) in [5, 5.41) is 3.13. The van der Waals surface area contributed by atoms with Gasteiger partial charge in [-0.05, 0) is 55.6 Å². The van der Waals surface area contributed by atoms with E-state index < -0.39 is 28.9 Å². The standard InChI is InChI=1S/C21H24BrFN4O4/c1-20(2,3)31-19(29)26-7-5-21(6-8-26,18(28)30-4)13-11-24-27-16-14(22)9-12(23)10-15(16)25-17(13)27/h9-11,24H,5-8H2,1-4H3. The predicted octanol–water partition coefficient (Wildman–Crippen LogP) is 4.16. The summed E-state index contributed by atoms with van der Waals surface area (Å²) in [7, 11) is 1.35. The lowest BCUT2D eigenvalue weighted by Gasteiger charge is -2.39. The number of nitrogens with one attached hydrogen (secondary N) is 1. The highest BCUT2D eigenvalue weighted by molar-refractivity contribution is 9.10. The van der Waals surface area contributed by atoms with E-state index in [9.17, 15) is 14.0 Å². The first-order chi connectivity index (χ1) is 14.6. The number of halogens is 2. The molecule has 10 heteroatoms. The molecule has 1 N–H and O–H groups in total. The Labute approximate surface area is 186 Å². The zero-order valence-corrected chi connectivity index (χ0v) is 19.4. The van der Waals surface area contributed by atoms with E-state index in [1.54, 1.807) is 15.6 Å². The number of rotatable bonds is 2. The van der Waals surface area contributed by atoms with Gasteiger partial charge in [0, 0.05) is 35.4 Å². The summed E-state index contributed by atoms with van der Waals surface area (Å²) >= 11 is 3.39. The van der Waals surface area contributed by atoms with Crippen molar-refractivity contribution >= 4 is 44.7 Å². The summed E-state index contributed by atoms with van der Waals surface area (Å²) in [6.45, 7) is 6.11. The molecule has 8 nitrogen and oxygen atoms in total. The summed E-state index contributed by atoms with van der Waals surface area (Å²) in [6.07, 6.45) is 2.03. The Morgan fingerprint density at radius 2 is 1.94 bits per heavy atom. The number of amides is 1. The van der Waals surface area contributed by atoms with Crippen molar-refractivity contribution in [2.45, 2.75) is 44.6 Å². The third-order valence-electron chi connectivity index (χ3n) is 5.61. The van der Waals surface area contributed by atoms with E-state index in [0.29, 0.717) is 52.6 Å². The number of benzene rings is 1. The number of H-pyrrole nitrogens is 1. The summed E-state index contributed by atoms with van der Waals surface area (Å²) in [5.74, 6) is -0.801. The third-order valence-corrected chi connectivity index (χ3v) is 6.21. The Kier molecular flexibility index (Phi) is 5.23. The maximum Gasteiger partial charge on any atom is 0.410 e. The van der Waals surface area contributed by atoms with Gasteiger partial charge in [-0.1, -0.05) is 0 Å². The van der Waals surface area contributed by atoms with E-state index in [1.807, 2.05) is 20.8 Å². The first kappa shape index (κ1) is 21.6. The van der Waals surface area contributed by atoms with Gasteiger partial charge in [-0.2, -0.15) is 0 Å². The van der Waals surface area contributed by atoms with Crippen molar-refractivity contribution in [1.82, 2.24) is 19.5 Å². The number of fused-ring (bicyclic) bond motifs is 3. The maximum atomic E-state index is 13.9. The van der Waals surface area contributed by atoms with E-state index >= 15 is 0 Å². The van der Waals surface area contributed by atoms with Gasteiger partial charge in [-0.15, -0.1) is 0 Å². The van der Waals surface area contributed by atoms with Crippen molar-refractivity contribution in [1.29, 1.82) is 0 Å². The maximum absolute atomic E-state index is 13.9. The van der Waals surface area contributed by atoms with Crippen LogP contribution in [0.4, 0.5) is 9.18 Å². The van der Waals surface area contributed by atoms with Crippen LogP contribution in [0.5, 0.6) is 0 Å². The van der Waals surface area contributed by atoms with Crippen LogP contribution in [-0.2, 0) is 19.7 Å². The van der Waals surface area contributed by atoms with Crippen LogP contribution in [0.3, 0.4) is 0 Å².